The van der Waals surface area contributed by atoms with Gasteiger partial charge in [-0.1, -0.05) is 0 Å². The van der Waals surface area contributed by atoms with E-state index in [2.05, 4.69) is 11.9 Å². The van der Waals surface area contributed by atoms with Gasteiger partial charge in [-0.05, 0) is 0 Å². The molecule has 1 aliphatic rings. The van der Waals surface area contributed by atoms with Crippen molar-refractivity contribution in [1.29, 1.82) is 5.26 Å². The Kier molecular flexibility index (Phi) is 4.82. The number of fused-ring (bicyclic) bond motifs is 1. The number of nitriles is 1. The molecule has 2 nitrogen and oxygen atoms in total. The molecular weight excluding hydrogens is 356 g/mol. The van der Waals surface area contributed by atoms with Crippen LogP contribution < -0.4 is 0 Å². The van der Waals surface area contributed by atoms with Crippen LogP contribution in [0.5, 0.6) is 0 Å². The van der Waals surface area contributed by atoms with Crippen molar-refractivity contribution in [3.05, 3.63) is 70.5 Å². The fourth-order valence-corrected chi connectivity index (χ4v) is 4.14. The summed E-state index contributed by atoms with van der Waals surface area (Å²) in [6, 6.07) is 14.6. The maximum absolute atomic E-state index is 13.3. The van der Waals surface area contributed by atoms with Crippen LogP contribution in [-0.2, 0) is 16.9 Å². The van der Waals surface area contributed by atoms with E-state index in [0.717, 1.165) is 29.5 Å². The maximum atomic E-state index is 13.3. The molecular formula is C19H18FNOSe. The molecule has 3 rings (SSSR count). The zero-order chi connectivity index (χ0) is 16.3. The van der Waals surface area contributed by atoms with Gasteiger partial charge in [-0.15, -0.1) is 0 Å². The van der Waals surface area contributed by atoms with Gasteiger partial charge in [-0.2, -0.15) is 0 Å². The predicted octanol–water partition coefficient (Wildman–Crippen LogP) is 4.42. The van der Waals surface area contributed by atoms with Gasteiger partial charge in [0.05, 0.1) is 0 Å². The Morgan fingerprint density at radius 3 is 2.74 bits per heavy atom. The van der Waals surface area contributed by atoms with Crippen LogP contribution >= 0.6 is 0 Å². The Bertz CT molecular complexity index is 738. The summed E-state index contributed by atoms with van der Waals surface area (Å²) in [4.78, 5) is 0. The Balaban J connectivity index is 2.05. The first-order valence-corrected chi connectivity index (χ1v) is 10.5. The van der Waals surface area contributed by atoms with Crippen LogP contribution in [0.3, 0.4) is 0 Å². The molecule has 1 aliphatic heterocycles. The molecule has 23 heavy (non-hydrogen) atoms. The van der Waals surface area contributed by atoms with Crippen LogP contribution in [-0.4, -0.2) is 15.0 Å². The van der Waals surface area contributed by atoms with Crippen molar-refractivity contribution in [2.75, 3.05) is 0 Å². The standard InChI is InChI=1S/C19H18FNOSe/c1-23-10-2-9-19(16-4-6-17(20)7-5-16)18-8-3-14(12-21)11-15(18)13-22-19/h3-8,11H,2,9-10,13H2,1H3/t19-/m0/s1. The van der Waals surface area contributed by atoms with Gasteiger partial charge in [-0.3, -0.25) is 0 Å². The van der Waals surface area contributed by atoms with Crippen molar-refractivity contribution >= 4 is 15.0 Å². The number of benzene rings is 2. The fourth-order valence-electron chi connectivity index (χ4n) is 3.23. The Morgan fingerprint density at radius 1 is 1.26 bits per heavy atom. The first-order chi connectivity index (χ1) is 11.2. The van der Waals surface area contributed by atoms with E-state index in [1.54, 1.807) is 0 Å². The molecule has 0 aliphatic carbocycles. The number of nitrogens with zero attached hydrogens (tertiary/aromatic N) is 1. The van der Waals surface area contributed by atoms with Gasteiger partial charge in [0.25, 0.3) is 0 Å². The minimum atomic E-state index is -0.512. The van der Waals surface area contributed by atoms with Gasteiger partial charge in [-0.25, -0.2) is 0 Å². The second-order valence-corrected chi connectivity index (χ2v) is 7.77. The van der Waals surface area contributed by atoms with Gasteiger partial charge in [0.15, 0.2) is 0 Å². The second kappa shape index (κ2) is 6.84. The van der Waals surface area contributed by atoms with E-state index in [1.165, 1.54) is 17.5 Å². The number of ether oxygens (including phenoxy) is 1. The van der Waals surface area contributed by atoms with E-state index in [0.29, 0.717) is 27.1 Å². The minimum absolute atomic E-state index is 0.237. The normalized spacial score (nSPS) is 19.3. The summed E-state index contributed by atoms with van der Waals surface area (Å²) < 4.78 is 19.6. The molecule has 1 heterocycles. The van der Waals surface area contributed by atoms with Gasteiger partial charge >= 0.3 is 142 Å². The summed E-state index contributed by atoms with van der Waals surface area (Å²) in [6.45, 7) is 0.500. The molecule has 0 radical (unpaired) electrons. The molecule has 0 unspecified atom stereocenters. The first kappa shape index (κ1) is 16.2. The summed E-state index contributed by atoms with van der Waals surface area (Å²) in [6.07, 6.45) is 1.96. The zero-order valence-electron chi connectivity index (χ0n) is 13.0. The van der Waals surface area contributed by atoms with Crippen molar-refractivity contribution < 1.29 is 9.13 Å². The second-order valence-electron chi connectivity index (χ2n) is 5.70. The molecule has 0 fully saturated rings. The Labute approximate surface area is 142 Å². The summed E-state index contributed by atoms with van der Waals surface area (Å²) in [5, 5.41) is 10.3. The van der Waals surface area contributed by atoms with Crippen molar-refractivity contribution in [1.82, 2.24) is 0 Å². The van der Waals surface area contributed by atoms with Gasteiger partial charge in [0.2, 0.25) is 0 Å². The van der Waals surface area contributed by atoms with E-state index in [9.17, 15) is 4.39 Å². The third-order valence-electron chi connectivity index (χ3n) is 4.33. The first-order valence-electron chi connectivity index (χ1n) is 7.62. The van der Waals surface area contributed by atoms with Crippen molar-refractivity contribution in [3.63, 3.8) is 0 Å². The molecule has 0 saturated carbocycles. The van der Waals surface area contributed by atoms with E-state index in [-0.39, 0.29) is 5.82 Å². The SMILES string of the molecule is C[Se]CCC[C@@]1(c2ccc(F)cc2)OCc2cc(C#N)ccc21. The molecule has 0 N–H and O–H groups in total. The van der Waals surface area contributed by atoms with E-state index in [4.69, 9.17) is 10.00 Å². The Hall–Kier alpha value is -1.66. The molecule has 0 saturated heterocycles. The molecule has 118 valence electrons. The average Bonchev–Trinajstić information content (AvgIpc) is 2.95. The van der Waals surface area contributed by atoms with Crippen LogP contribution in [0.25, 0.3) is 0 Å². The van der Waals surface area contributed by atoms with Crippen molar-refractivity contribution in [3.8, 4) is 6.07 Å². The number of rotatable bonds is 5. The third-order valence-corrected chi connectivity index (χ3v) is 5.79. The van der Waals surface area contributed by atoms with Crippen LogP contribution in [0.2, 0.25) is 11.1 Å². The van der Waals surface area contributed by atoms with Gasteiger partial charge in [0.1, 0.15) is 0 Å². The summed E-state index contributed by atoms with van der Waals surface area (Å²) in [5.74, 6) is 2.00. The Morgan fingerprint density at radius 2 is 2.04 bits per heavy atom. The van der Waals surface area contributed by atoms with Crippen molar-refractivity contribution in [2.45, 2.75) is 36.2 Å². The molecule has 0 amide bonds. The number of halogens is 1. The molecule has 4 heteroatoms. The van der Waals surface area contributed by atoms with E-state index >= 15 is 0 Å². The van der Waals surface area contributed by atoms with Crippen molar-refractivity contribution in [2.24, 2.45) is 0 Å². The van der Waals surface area contributed by atoms with Crippen LogP contribution in [0, 0.1) is 17.1 Å². The monoisotopic (exact) mass is 375 g/mol. The van der Waals surface area contributed by atoms with Crippen LogP contribution in [0.4, 0.5) is 4.39 Å². The molecule has 2 aromatic carbocycles. The fraction of sp³-hybridized carbons (Fsp3) is 0.316. The number of hydrogen-bond acceptors (Lipinski definition) is 2. The predicted molar refractivity (Wildman–Crippen MR) is 88.8 cm³/mol. The van der Waals surface area contributed by atoms with E-state index in [1.807, 2.05) is 30.3 Å². The molecule has 0 bridgehead atoms. The molecule has 0 aromatic heterocycles. The zero-order valence-corrected chi connectivity index (χ0v) is 14.7. The van der Waals surface area contributed by atoms with Gasteiger partial charge < -0.3 is 0 Å². The summed E-state index contributed by atoms with van der Waals surface area (Å²) in [5.41, 5.74) is 3.31. The quantitative estimate of drug-likeness (QED) is 0.573. The van der Waals surface area contributed by atoms with Crippen LogP contribution in [0.1, 0.15) is 35.1 Å². The average molecular weight is 374 g/mol. The third kappa shape index (κ3) is 3.05. The summed E-state index contributed by atoms with van der Waals surface area (Å²) in [7, 11) is 0. The number of hydrogen-bond donors (Lipinski definition) is 0. The van der Waals surface area contributed by atoms with E-state index < -0.39 is 5.60 Å². The molecule has 0 spiro atoms. The topological polar surface area (TPSA) is 33.0 Å². The van der Waals surface area contributed by atoms with Gasteiger partial charge in [0, 0.05) is 0 Å². The molecule has 2 aromatic rings. The molecule has 1 atom stereocenters. The van der Waals surface area contributed by atoms with Crippen LogP contribution in [0.15, 0.2) is 42.5 Å². The summed E-state index contributed by atoms with van der Waals surface area (Å²) >= 11 is 0.635.